The Bertz CT molecular complexity index is 540. The van der Waals surface area contributed by atoms with Crippen LogP contribution in [0, 0.1) is 0 Å². The molecule has 0 heterocycles. The molecule has 106 valence electrons. The standard InChI is InChI=1S/C13H16N4O3/c1-13(2,3)20-12(19)15-8-9-4-6-10(7-5-9)11(18)16-17-14/h4-7H,8H2,1-3H3,(H,15,19). The zero-order valence-corrected chi connectivity index (χ0v) is 11.6. The molecular formula is C13H16N4O3. The van der Waals surface area contributed by atoms with E-state index in [0.717, 1.165) is 5.56 Å². The van der Waals surface area contributed by atoms with Gasteiger partial charge in [0.25, 0.3) is 0 Å². The van der Waals surface area contributed by atoms with Crippen LogP contribution in [0.1, 0.15) is 36.7 Å². The van der Waals surface area contributed by atoms with Crippen LogP contribution in [0.5, 0.6) is 0 Å². The van der Waals surface area contributed by atoms with Crippen molar-refractivity contribution >= 4 is 12.0 Å². The normalized spacial score (nSPS) is 10.3. The Morgan fingerprint density at radius 3 is 2.40 bits per heavy atom. The van der Waals surface area contributed by atoms with E-state index >= 15 is 0 Å². The van der Waals surface area contributed by atoms with Crippen LogP contribution in [0.25, 0.3) is 10.4 Å². The van der Waals surface area contributed by atoms with Gasteiger partial charge in [0.15, 0.2) is 0 Å². The highest BCUT2D eigenvalue weighted by atomic mass is 16.6. The van der Waals surface area contributed by atoms with Crippen molar-refractivity contribution in [2.45, 2.75) is 32.9 Å². The third kappa shape index (κ3) is 5.41. The first-order chi connectivity index (χ1) is 9.31. The predicted octanol–water partition coefficient (Wildman–Crippen LogP) is 3.16. The maximum Gasteiger partial charge on any atom is 0.407 e. The fourth-order valence-electron chi connectivity index (χ4n) is 1.35. The highest BCUT2D eigenvalue weighted by Gasteiger charge is 2.15. The molecule has 0 saturated heterocycles. The minimum atomic E-state index is -0.640. The Labute approximate surface area is 116 Å². The molecule has 0 aliphatic carbocycles. The molecule has 0 radical (unpaired) electrons. The number of benzene rings is 1. The Hall–Kier alpha value is -2.53. The summed E-state index contributed by atoms with van der Waals surface area (Å²) < 4.78 is 5.09. The number of amides is 2. The Balaban J connectivity index is 2.56. The summed E-state index contributed by atoms with van der Waals surface area (Å²) in [5, 5.41) is 5.59. The summed E-state index contributed by atoms with van der Waals surface area (Å²) >= 11 is 0. The van der Waals surface area contributed by atoms with E-state index in [2.05, 4.69) is 15.3 Å². The lowest BCUT2D eigenvalue weighted by Crippen LogP contribution is -2.32. The van der Waals surface area contributed by atoms with Gasteiger partial charge in [-0.2, -0.15) is 0 Å². The number of carbonyl (C=O) groups is 2. The second-order valence-corrected chi connectivity index (χ2v) is 5.05. The number of azide groups is 1. The number of nitrogens with one attached hydrogen (secondary N) is 1. The molecule has 0 aliphatic heterocycles. The van der Waals surface area contributed by atoms with Crippen LogP contribution < -0.4 is 5.32 Å². The molecule has 1 rings (SSSR count). The van der Waals surface area contributed by atoms with Crippen molar-refractivity contribution in [3.05, 3.63) is 45.8 Å². The SMILES string of the molecule is CC(C)(C)OC(=O)NCc1ccc(C(=O)N=[N+]=[N-])cc1. The fourth-order valence-corrected chi connectivity index (χ4v) is 1.35. The summed E-state index contributed by atoms with van der Waals surface area (Å²) in [5.74, 6) is -0.640. The fraction of sp³-hybridized carbons (Fsp3) is 0.385. The number of hydrogen-bond donors (Lipinski definition) is 1. The van der Waals surface area contributed by atoms with E-state index in [0.29, 0.717) is 5.56 Å². The van der Waals surface area contributed by atoms with Gasteiger partial charge in [0, 0.05) is 17.0 Å². The summed E-state index contributed by atoms with van der Waals surface area (Å²) in [7, 11) is 0. The molecule has 0 fully saturated rings. The molecule has 7 heteroatoms. The van der Waals surface area contributed by atoms with Gasteiger partial charge in [-0.15, -0.1) is 0 Å². The van der Waals surface area contributed by atoms with Crippen molar-refractivity contribution in [2.75, 3.05) is 0 Å². The summed E-state index contributed by atoms with van der Waals surface area (Å²) in [6.45, 7) is 5.62. The van der Waals surface area contributed by atoms with Crippen LogP contribution in [0.15, 0.2) is 29.4 Å². The lowest BCUT2D eigenvalue weighted by Gasteiger charge is -2.19. The van der Waals surface area contributed by atoms with Gasteiger partial charge in [-0.05, 0) is 37.0 Å². The topological polar surface area (TPSA) is 104 Å². The van der Waals surface area contributed by atoms with Crippen LogP contribution in [0.2, 0.25) is 0 Å². The Morgan fingerprint density at radius 2 is 1.90 bits per heavy atom. The van der Waals surface area contributed by atoms with Gasteiger partial charge in [-0.25, -0.2) is 4.79 Å². The maximum absolute atomic E-state index is 11.4. The van der Waals surface area contributed by atoms with Gasteiger partial charge in [0.05, 0.1) is 0 Å². The molecule has 0 atom stereocenters. The molecule has 7 nitrogen and oxygen atoms in total. The van der Waals surface area contributed by atoms with Gasteiger partial charge < -0.3 is 10.1 Å². The molecule has 0 unspecified atom stereocenters. The molecule has 0 saturated carbocycles. The quantitative estimate of drug-likeness (QED) is 0.520. The van der Waals surface area contributed by atoms with Gasteiger partial charge in [-0.1, -0.05) is 24.3 Å². The van der Waals surface area contributed by atoms with Gasteiger partial charge in [-0.3, -0.25) is 4.79 Å². The Kier molecular flexibility index (Phi) is 5.11. The number of nitrogens with zero attached hydrogens (tertiary/aromatic N) is 3. The Morgan fingerprint density at radius 1 is 1.30 bits per heavy atom. The minimum absolute atomic E-state index is 0.283. The van der Waals surface area contributed by atoms with Crippen molar-refractivity contribution in [2.24, 2.45) is 5.11 Å². The zero-order valence-electron chi connectivity index (χ0n) is 11.6. The third-order valence-corrected chi connectivity index (χ3v) is 2.17. The number of hydrogen-bond acceptors (Lipinski definition) is 3. The first-order valence-corrected chi connectivity index (χ1v) is 5.97. The number of ether oxygens (including phenoxy) is 1. The second-order valence-electron chi connectivity index (χ2n) is 5.05. The molecule has 2 amide bonds. The average molecular weight is 276 g/mol. The molecule has 1 aromatic carbocycles. The first kappa shape index (κ1) is 15.5. The monoisotopic (exact) mass is 276 g/mol. The van der Waals surface area contributed by atoms with E-state index in [9.17, 15) is 9.59 Å². The lowest BCUT2D eigenvalue weighted by atomic mass is 10.1. The maximum atomic E-state index is 11.4. The molecule has 1 N–H and O–H groups in total. The largest absolute Gasteiger partial charge is 0.444 e. The summed E-state index contributed by atoms with van der Waals surface area (Å²) in [6, 6.07) is 6.39. The summed E-state index contributed by atoms with van der Waals surface area (Å²) in [5.41, 5.74) is 8.72. The van der Waals surface area contributed by atoms with Crippen LogP contribution in [-0.4, -0.2) is 17.6 Å². The minimum Gasteiger partial charge on any atom is -0.444 e. The van der Waals surface area contributed by atoms with Crippen molar-refractivity contribution in [1.82, 2.24) is 5.32 Å². The molecule has 1 aromatic rings. The summed E-state index contributed by atoms with van der Waals surface area (Å²) in [6.07, 6.45) is -0.508. The van der Waals surface area contributed by atoms with Gasteiger partial charge >= 0.3 is 6.09 Å². The van der Waals surface area contributed by atoms with E-state index in [4.69, 9.17) is 10.3 Å². The van der Waals surface area contributed by atoms with Crippen LogP contribution in [-0.2, 0) is 11.3 Å². The van der Waals surface area contributed by atoms with Crippen molar-refractivity contribution in [3.63, 3.8) is 0 Å². The highest BCUT2D eigenvalue weighted by Crippen LogP contribution is 2.08. The van der Waals surface area contributed by atoms with E-state index in [-0.39, 0.29) is 6.54 Å². The van der Waals surface area contributed by atoms with Gasteiger partial charge in [0.2, 0.25) is 5.91 Å². The van der Waals surface area contributed by atoms with Crippen LogP contribution >= 0.6 is 0 Å². The van der Waals surface area contributed by atoms with E-state index in [1.165, 1.54) is 12.1 Å². The third-order valence-electron chi connectivity index (χ3n) is 2.17. The van der Waals surface area contributed by atoms with Crippen molar-refractivity contribution < 1.29 is 14.3 Å². The van der Waals surface area contributed by atoms with Crippen molar-refractivity contribution in [3.8, 4) is 0 Å². The molecule has 0 spiro atoms. The molecule has 0 aromatic heterocycles. The number of rotatable bonds is 3. The second kappa shape index (κ2) is 6.58. The smallest absolute Gasteiger partial charge is 0.407 e. The molecule has 20 heavy (non-hydrogen) atoms. The molecule has 0 aliphatic rings. The van der Waals surface area contributed by atoms with E-state index in [1.807, 2.05) is 0 Å². The van der Waals surface area contributed by atoms with Gasteiger partial charge in [0.1, 0.15) is 5.60 Å². The highest BCUT2D eigenvalue weighted by molar-refractivity contribution is 5.94. The molecule has 0 bridgehead atoms. The molecular weight excluding hydrogens is 260 g/mol. The zero-order chi connectivity index (χ0) is 15.2. The summed E-state index contributed by atoms with van der Waals surface area (Å²) in [4.78, 5) is 25.1. The van der Waals surface area contributed by atoms with E-state index < -0.39 is 17.6 Å². The predicted molar refractivity (Wildman–Crippen MR) is 73.0 cm³/mol. The van der Waals surface area contributed by atoms with E-state index in [1.54, 1.807) is 32.9 Å². The number of alkyl carbamates (subject to hydrolysis) is 1. The van der Waals surface area contributed by atoms with Crippen LogP contribution in [0.4, 0.5) is 4.79 Å². The number of carbonyl (C=O) groups excluding carboxylic acids is 2. The van der Waals surface area contributed by atoms with Crippen LogP contribution in [0.3, 0.4) is 0 Å². The lowest BCUT2D eigenvalue weighted by molar-refractivity contribution is 0.0523. The average Bonchev–Trinajstić information content (AvgIpc) is 2.35. The van der Waals surface area contributed by atoms with Crippen molar-refractivity contribution in [1.29, 1.82) is 0 Å². The first-order valence-electron chi connectivity index (χ1n) is 5.97.